The van der Waals surface area contributed by atoms with Crippen molar-refractivity contribution >= 4 is 38.7 Å². The Morgan fingerprint density at radius 1 is 1.33 bits per heavy atom. The van der Waals surface area contributed by atoms with Crippen LogP contribution in [0.4, 0.5) is 0 Å². The van der Waals surface area contributed by atoms with Gasteiger partial charge in [0.15, 0.2) is 0 Å². The summed E-state index contributed by atoms with van der Waals surface area (Å²) in [5.74, 6) is -1.13. The van der Waals surface area contributed by atoms with Gasteiger partial charge in [-0.1, -0.05) is 15.9 Å². The van der Waals surface area contributed by atoms with Crippen LogP contribution in [0.3, 0.4) is 0 Å². The number of carbonyl (C=O) groups excluding carboxylic acids is 1. The fourth-order valence-electron chi connectivity index (χ4n) is 2.77. The molecule has 110 valence electrons. The Morgan fingerprint density at radius 2 is 2.10 bits per heavy atom. The number of carboxylic acids is 1. The van der Waals surface area contributed by atoms with Crippen LogP contribution in [0.25, 0.3) is 10.9 Å². The van der Waals surface area contributed by atoms with E-state index >= 15 is 0 Å². The highest BCUT2D eigenvalue weighted by molar-refractivity contribution is 9.10. The molecule has 0 saturated heterocycles. The third-order valence-corrected chi connectivity index (χ3v) is 4.50. The van der Waals surface area contributed by atoms with E-state index in [2.05, 4.69) is 26.2 Å². The zero-order chi connectivity index (χ0) is 15.0. The van der Waals surface area contributed by atoms with Crippen LogP contribution in [0, 0.1) is 0 Å². The second-order valence-corrected chi connectivity index (χ2v) is 6.49. The SMILES string of the molecule is O=C(O)CC1(NC(=O)c2cc3cc(Br)ccc3[nH]2)CCC1. The van der Waals surface area contributed by atoms with Gasteiger partial charge in [0, 0.05) is 15.4 Å². The quantitative estimate of drug-likeness (QED) is 0.792. The Bertz CT molecular complexity index is 719. The minimum absolute atomic E-state index is 0.0233. The van der Waals surface area contributed by atoms with E-state index < -0.39 is 11.5 Å². The van der Waals surface area contributed by atoms with Gasteiger partial charge in [-0.25, -0.2) is 0 Å². The van der Waals surface area contributed by atoms with Crippen LogP contribution in [-0.2, 0) is 4.79 Å². The summed E-state index contributed by atoms with van der Waals surface area (Å²) in [7, 11) is 0. The molecule has 0 aliphatic heterocycles. The Morgan fingerprint density at radius 3 is 2.71 bits per heavy atom. The Kier molecular flexibility index (Phi) is 3.49. The van der Waals surface area contributed by atoms with E-state index in [1.54, 1.807) is 6.07 Å². The van der Waals surface area contributed by atoms with Gasteiger partial charge in [-0.05, 0) is 43.5 Å². The molecule has 6 heteroatoms. The number of nitrogens with one attached hydrogen (secondary N) is 2. The van der Waals surface area contributed by atoms with Crippen LogP contribution in [-0.4, -0.2) is 27.5 Å². The van der Waals surface area contributed by atoms with Crippen molar-refractivity contribution in [2.24, 2.45) is 0 Å². The number of carboxylic acid groups (broad SMARTS) is 1. The van der Waals surface area contributed by atoms with Crippen molar-refractivity contribution in [1.29, 1.82) is 0 Å². The molecule has 1 heterocycles. The molecule has 1 aliphatic carbocycles. The van der Waals surface area contributed by atoms with E-state index in [0.717, 1.165) is 34.6 Å². The van der Waals surface area contributed by atoms with Crippen molar-refractivity contribution in [2.75, 3.05) is 0 Å². The zero-order valence-electron chi connectivity index (χ0n) is 11.3. The van der Waals surface area contributed by atoms with Crippen molar-refractivity contribution in [2.45, 2.75) is 31.2 Å². The predicted octanol–water partition coefficient (Wildman–Crippen LogP) is 3.06. The molecule has 1 aromatic carbocycles. The molecule has 0 unspecified atom stereocenters. The molecule has 0 radical (unpaired) electrons. The second-order valence-electron chi connectivity index (χ2n) is 5.57. The number of hydrogen-bond donors (Lipinski definition) is 3. The Hall–Kier alpha value is -1.82. The summed E-state index contributed by atoms with van der Waals surface area (Å²) < 4.78 is 0.947. The van der Waals surface area contributed by atoms with E-state index in [0.29, 0.717) is 5.69 Å². The minimum atomic E-state index is -0.879. The fourth-order valence-corrected chi connectivity index (χ4v) is 3.15. The molecule has 1 amide bonds. The van der Waals surface area contributed by atoms with Gasteiger partial charge in [-0.15, -0.1) is 0 Å². The number of amides is 1. The standard InChI is InChI=1S/C15H15BrN2O3/c16-10-2-3-11-9(6-10)7-12(17-11)14(21)18-15(4-1-5-15)8-13(19)20/h2-3,6-7,17H,1,4-5,8H2,(H,18,21)(H,19,20). The average molecular weight is 351 g/mol. The fraction of sp³-hybridized carbons (Fsp3) is 0.333. The van der Waals surface area contributed by atoms with Gasteiger partial charge in [0.05, 0.1) is 12.0 Å². The molecule has 5 nitrogen and oxygen atoms in total. The number of H-pyrrole nitrogens is 1. The number of hydrogen-bond acceptors (Lipinski definition) is 2. The lowest BCUT2D eigenvalue weighted by molar-refractivity contribution is -0.139. The molecule has 0 bridgehead atoms. The third kappa shape index (κ3) is 2.81. The van der Waals surface area contributed by atoms with E-state index in [1.807, 2.05) is 18.2 Å². The third-order valence-electron chi connectivity index (χ3n) is 4.01. The van der Waals surface area contributed by atoms with Crippen molar-refractivity contribution < 1.29 is 14.7 Å². The highest BCUT2D eigenvalue weighted by Crippen LogP contribution is 2.35. The maximum absolute atomic E-state index is 12.3. The van der Waals surface area contributed by atoms with E-state index in [4.69, 9.17) is 5.11 Å². The van der Waals surface area contributed by atoms with Gasteiger partial charge in [0.2, 0.25) is 0 Å². The van der Waals surface area contributed by atoms with E-state index in [-0.39, 0.29) is 12.3 Å². The first-order valence-corrected chi connectivity index (χ1v) is 7.59. The van der Waals surface area contributed by atoms with Gasteiger partial charge in [-0.3, -0.25) is 9.59 Å². The number of aromatic amines is 1. The summed E-state index contributed by atoms with van der Waals surface area (Å²) in [6, 6.07) is 7.51. The molecule has 0 spiro atoms. The molecule has 1 saturated carbocycles. The zero-order valence-corrected chi connectivity index (χ0v) is 12.9. The lowest BCUT2D eigenvalue weighted by atomic mass is 9.74. The summed E-state index contributed by atoms with van der Waals surface area (Å²) in [5, 5.41) is 12.8. The number of aliphatic carboxylic acids is 1. The summed E-state index contributed by atoms with van der Waals surface area (Å²) in [4.78, 5) is 26.3. The van der Waals surface area contributed by atoms with Crippen molar-refractivity contribution in [3.05, 3.63) is 34.4 Å². The van der Waals surface area contributed by atoms with Crippen molar-refractivity contribution in [3.8, 4) is 0 Å². The largest absolute Gasteiger partial charge is 0.481 e. The van der Waals surface area contributed by atoms with E-state index in [1.165, 1.54) is 0 Å². The highest BCUT2D eigenvalue weighted by atomic mass is 79.9. The molecule has 1 aliphatic rings. The number of carbonyl (C=O) groups is 2. The molecule has 1 fully saturated rings. The number of aromatic nitrogens is 1. The summed E-state index contributed by atoms with van der Waals surface area (Å²) >= 11 is 3.40. The van der Waals surface area contributed by atoms with Crippen LogP contribution in [0.5, 0.6) is 0 Å². The Labute approximate surface area is 129 Å². The molecular weight excluding hydrogens is 336 g/mol. The maximum atomic E-state index is 12.3. The molecule has 0 atom stereocenters. The number of fused-ring (bicyclic) bond motifs is 1. The predicted molar refractivity (Wildman–Crippen MR) is 82.3 cm³/mol. The topological polar surface area (TPSA) is 82.2 Å². The second kappa shape index (κ2) is 5.18. The molecule has 3 rings (SSSR count). The highest BCUT2D eigenvalue weighted by Gasteiger charge is 2.40. The first kappa shape index (κ1) is 14.1. The average Bonchev–Trinajstić information content (AvgIpc) is 2.78. The lowest BCUT2D eigenvalue weighted by Crippen LogP contribution is -2.54. The van der Waals surface area contributed by atoms with Gasteiger partial charge in [0.25, 0.3) is 5.91 Å². The van der Waals surface area contributed by atoms with Gasteiger partial charge in [0.1, 0.15) is 5.69 Å². The van der Waals surface area contributed by atoms with Crippen LogP contribution >= 0.6 is 15.9 Å². The normalized spacial score (nSPS) is 16.4. The van der Waals surface area contributed by atoms with Gasteiger partial charge in [-0.2, -0.15) is 0 Å². The summed E-state index contributed by atoms with van der Waals surface area (Å²) in [6.07, 6.45) is 2.37. The molecule has 1 aromatic heterocycles. The molecule has 21 heavy (non-hydrogen) atoms. The number of benzene rings is 1. The summed E-state index contributed by atoms with van der Waals surface area (Å²) in [6.45, 7) is 0. The van der Waals surface area contributed by atoms with Crippen LogP contribution < -0.4 is 5.32 Å². The molecule has 3 N–H and O–H groups in total. The monoisotopic (exact) mass is 350 g/mol. The van der Waals surface area contributed by atoms with Crippen LogP contribution in [0.2, 0.25) is 0 Å². The number of rotatable bonds is 4. The first-order chi connectivity index (χ1) is 9.97. The number of halogens is 1. The first-order valence-electron chi connectivity index (χ1n) is 6.80. The molecular formula is C15H15BrN2O3. The maximum Gasteiger partial charge on any atom is 0.305 e. The van der Waals surface area contributed by atoms with Gasteiger partial charge >= 0.3 is 5.97 Å². The van der Waals surface area contributed by atoms with Crippen molar-refractivity contribution in [3.63, 3.8) is 0 Å². The van der Waals surface area contributed by atoms with Crippen LogP contribution in [0.1, 0.15) is 36.2 Å². The smallest absolute Gasteiger partial charge is 0.305 e. The van der Waals surface area contributed by atoms with Crippen LogP contribution in [0.15, 0.2) is 28.7 Å². The Balaban J connectivity index is 1.81. The minimum Gasteiger partial charge on any atom is -0.481 e. The van der Waals surface area contributed by atoms with Gasteiger partial charge < -0.3 is 15.4 Å². The lowest BCUT2D eigenvalue weighted by Gasteiger charge is -2.41. The van der Waals surface area contributed by atoms with Crippen molar-refractivity contribution in [1.82, 2.24) is 10.3 Å². The molecule has 2 aromatic rings. The summed E-state index contributed by atoms with van der Waals surface area (Å²) in [5.41, 5.74) is 0.754. The van der Waals surface area contributed by atoms with E-state index in [9.17, 15) is 9.59 Å².